The molecule has 0 spiro atoms. The molecule has 1 aliphatic heterocycles. The lowest BCUT2D eigenvalue weighted by Crippen LogP contribution is -2.48. The standard InChI is InChI=1S/C11H22N2O/c1-8(2)13-9(6-7-12-13)10(14)11(3,4)5/h8-9,12H,6-7H2,1-5H3. The molecule has 1 heterocycles. The number of rotatable bonds is 2. The fraction of sp³-hybridized carbons (Fsp3) is 0.909. The molecule has 0 aromatic heterocycles. The van der Waals surface area contributed by atoms with Crippen molar-refractivity contribution in [3.8, 4) is 0 Å². The zero-order chi connectivity index (χ0) is 10.9. The van der Waals surface area contributed by atoms with Crippen LogP contribution in [0.15, 0.2) is 0 Å². The fourth-order valence-electron chi connectivity index (χ4n) is 1.88. The van der Waals surface area contributed by atoms with Crippen molar-refractivity contribution in [3.63, 3.8) is 0 Å². The summed E-state index contributed by atoms with van der Waals surface area (Å²) in [7, 11) is 0. The van der Waals surface area contributed by atoms with Crippen LogP contribution in [0.3, 0.4) is 0 Å². The first kappa shape index (κ1) is 11.7. The number of hydrogen-bond donors (Lipinski definition) is 1. The minimum Gasteiger partial charge on any atom is -0.297 e. The number of ketones is 1. The molecule has 0 aromatic rings. The molecule has 0 bridgehead atoms. The number of nitrogens with one attached hydrogen (secondary N) is 1. The van der Waals surface area contributed by atoms with E-state index in [0.717, 1.165) is 13.0 Å². The van der Waals surface area contributed by atoms with Crippen LogP contribution in [0.25, 0.3) is 0 Å². The van der Waals surface area contributed by atoms with Gasteiger partial charge in [0.1, 0.15) is 0 Å². The zero-order valence-electron chi connectivity index (χ0n) is 9.92. The lowest BCUT2D eigenvalue weighted by Gasteiger charge is -2.31. The van der Waals surface area contributed by atoms with Crippen LogP contribution in [-0.2, 0) is 4.79 Å². The van der Waals surface area contributed by atoms with E-state index in [-0.39, 0.29) is 11.5 Å². The molecular weight excluding hydrogens is 176 g/mol. The Morgan fingerprint density at radius 3 is 2.43 bits per heavy atom. The predicted octanol–water partition coefficient (Wildman–Crippen LogP) is 1.59. The monoisotopic (exact) mass is 198 g/mol. The lowest BCUT2D eigenvalue weighted by atomic mass is 9.85. The number of carbonyl (C=O) groups excluding carboxylic acids is 1. The van der Waals surface area contributed by atoms with Crippen molar-refractivity contribution in [2.75, 3.05) is 6.54 Å². The summed E-state index contributed by atoms with van der Waals surface area (Å²) in [6.07, 6.45) is 0.939. The number of hydrogen-bond acceptors (Lipinski definition) is 3. The topological polar surface area (TPSA) is 32.3 Å². The fourth-order valence-corrected chi connectivity index (χ4v) is 1.88. The highest BCUT2D eigenvalue weighted by Crippen LogP contribution is 2.24. The summed E-state index contributed by atoms with van der Waals surface area (Å²) < 4.78 is 0. The molecule has 3 nitrogen and oxygen atoms in total. The Morgan fingerprint density at radius 1 is 1.43 bits per heavy atom. The van der Waals surface area contributed by atoms with E-state index < -0.39 is 0 Å². The van der Waals surface area contributed by atoms with Gasteiger partial charge in [-0.25, -0.2) is 5.01 Å². The lowest BCUT2D eigenvalue weighted by molar-refractivity contribution is -0.132. The average molecular weight is 198 g/mol. The third kappa shape index (κ3) is 2.34. The van der Waals surface area contributed by atoms with Crippen molar-refractivity contribution < 1.29 is 4.79 Å². The van der Waals surface area contributed by atoms with E-state index >= 15 is 0 Å². The minimum atomic E-state index is -0.232. The second-order valence-electron chi connectivity index (χ2n) is 5.33. The smallest absolute Gasteiger partial charge is 0.156 e. The number of hydrazine groups is 1. The molecule has 1 rings (SSSR count). The van der Waals surface area contributed by atoms with Crippen LogP contribution >= 0.6 is 0 Å². The van der Waals surface area contributed by atoms with Crippen molar-refractivity contribution in [2.24, 2.45) is 5.41 Å². The van der Waals surface area contributed by atoms with Gasteiger partial charge in [-0.1, -0.05) is 20.8 Å². The molecule has 1 aliphatic rings. The van der Waals surface area contributed by atoms with Crippen LogP contribution in [0, 0.1) is 5.41 Å². The SMILES string of the molecule is CC(C)N1NCCC1C(=O)C(C)(C)C. The van der Waals surface area contributed by atoms with Gasteiger partial charge in [0, 0.05) is 18.0 Å². The molecule has 0 radical (unpaired) electrons. The van der Waals surface area contributed by atoms with Crippen molar-refractivity contribution in [3.05, 3.63) is 0 Å². The Balaban J connectivity index is 2.72. The maximum Gasteiger partial charge on any atom is 0.156 e. The van der Waals surface area contributed by atoms with Gasteiger partial charge in [-0.3, -0.25) is 10.2 Å². The van der Waals surface area contributed by atoms with E-state index in [4.69, 9.17) is 0 Å². The quantitative estimate of drug-likeness (QED) is 0.731. The Bertz CT molecular complexity index is 218. The molecule has 1 N–H and O–H groups in total. The average Bonchev–Trinajstić information content (AvgIpc) is 2.48. The van der Waals surface area contributed by atoms with Gasteiger partial charge in [-0.05, 0) is 20.3 Å². The normalized spacial score (nSPS) is 24.6. The van der Waals surface area contributed by atoms with Gasteiger partial charge in [-0.2, -0.15) is 0 Å². The minimum absolute atomic E-state index is 0.0648. The van der Waals surface area contributed by atoms with E-state index in [9.17, 15) is 4.79 Å². The second kappa shape index (κ2) is 3.99. The van der Waals surface area contributed by atoms with E-state index in [1.54, 1.807) is 0 Å². The molecule has 0 aliphatic carbocycles. The summed E-state index contributed by atoms with van der Waals surface area (Å²) in [4.78, 5) is 12.1. The van der Waals surface area contributed by atoms with Crippen LogP contribution in [0.4, 0.5) is 0 Å². The Morgan fingerprint density at radius 2 is 2.00 bits per heavy atom. The van der Waals surface area contributed by atoms with E-state index in [1.807, 2.05) is 20.8 Å². The third-order valence-corrected chi connectivity index (χ3v) is 2.65. The molecule has 3 heteroatoms. The number of carbonyl (C=O) groups is 1. The van der Waals surface area contributed by atoms with Crippen molar-refractivity contribution >= 4 is 5.78 Å². The summed E-state index contributed by atoms with van der Waals surface area (Å²) in [5.74, 6) is 0.344. The molecule has 1 atom stereocenters. The van der Waals surface area contributed by atoms with Gasteiger partial charge < -0.3 is 0 Å². The van der Waals surface area contributed by atoms with Crippen molar-refractivity contribution in [1.82, 2.24) is 10.4 Å². The van der Waals surface area contributed by atoms with Gasteiger partial charge in [0.15, 0.2) is 5.78 Å². The van der Waals surface area contributed by atoms with Gasteiger partial charge in [-0.15, -0.1) is 0 Å². The van der Waals surface area contributed by atoms with Gasteiger partial charge in [0.2, 0.25) is 0 Å². The Labute approximate surface area is 86.8 Å². The van der Waals surface area contributed by atoms with Gasteiger partial charge >= 0.3 is 0 Å². The molecule has 0 aromatic carbocycles. The summed E-state index contributed by atoms with van der Waals surface area (Å²) in [6.45, 7) is 11.1. The van der Waals surface area contributed by atoms with Crippen molar-refractivity contribution in [1.29, 1.82) is 0 Å². The van der Waals surface area contributed by atoms with E-state index in [1.165, 1.54) is 0 Å². The Hall–Kier alpha value is -0.410. The highest BCUT2D eigenvalue weighted by Gasteiger charge is 2.37. The summed E-state index contributed by atoms with van der Waals surface area (Å²) >= 11 is 0. The summed E-state index contributed by atoms with van der Waals surface area (Å²) in [6, 6.07) is 0.448. The maximum atomic E-state index is 12.1. The van der Waals surface area contributed by atoms with Gasteiger partial charge in [0.25, 0.3) is 0 Å². The molecular formula is C11H22N2O. The number of nitrogens with zero attached hydrogens (tertiary/aromatic N) is 1. The van der Waals surface area contributed by atoms with Crippen molar-refractivity contribution in [2.45, 2.75) is 53.1 Å². The highest BCUT2D eigenvalue weighted by atomic mass is 16.1. The Kier molecular flexibility index (Phi) is 3.32. The van der Waals surface area contributed by atoms with Crippen LogP contribution in [0.5, 0.6) is 0 Å². The first-order valence-corrected chi connectivity index (χ1v) is 5.40. The molecule has 82 valence electrons. The summed E-state index contributed by atoms with van der Waals surface area (Å²) in [5.41, 5.74) is 3.04. The van der Waals surface area contributed by atoms with E-state index in [2.05, 4.69) is 24.3 Å². The van der Waals surface area contributed by atoms with Crippen LogP contribution in [0.1, 0.15) is 41.0 Å². The highest BCUT2D eigenvalue weighted by molar-refractivity contribution is 5.88. The predicted molar refractivity (Wildman–Crippen MR) is 57.8 cm³/mol. The molecule has 1 saturated heterocycles. The molecule has 1 fully saturated rings. The largest absolute Gasteiger partial charge is 0.297 e. The van der Waals surface area contributed by atoms with Gasteiger partial charge in [0.05, 0.1) is 6.04 Å². The zero-order valence-corrected chi connectivity index (χ0v) is 9.92. The van der Waals surface area contributed by atoms with Crippen LogP contribution in [0.2, 0.25) is 0 Å². The maximum absolute atomic E-state index is 12.1. The molecule has 0 amide bonds. The third-order valence-electron chi connectivity index (χ3n) is 2.65. The molecule has 14 heavy (non-hydrogen) atoms. The van der Waals surface area contributed by atoms with Crippen LogP contribution < -0.4 is 5.43 Å². The summed E-state index contributed by atoms with van der Waals surface area (Å²) in [5, 5.41) is 2.09. The molecule has 1 unspecified atom stereocenters. The second-order valence-corrected chi connectivity index (χ2v) is 5.33. The first-order valence-electron chi connectivity index (χ1n) is 5.40. The van der Waals surface area contributed by atoms with E-state index in [0.29, 0.717) is 11.8 Å². The first-order chi connectivity index (χ1) is 6.34. The van der Waals surface area contributed by atoms with Crippen LogP contribution in [-0.4, -0.2) is 29.4 Å². The number of Topliss-reactive ketones (excluding diaryl/α,β-unsaturated/α-hetero) is 1. The molecule has 0 saturated carbocycles.